The van der Waals surface area contributed by atoms with Crippen LogP contribution in [-0.4, -0.2) is 111 Å². The fourth-order valence-corrected chi connectivity index (χ4v) is 2.79. The number of carboxylic acid groups (broad SMARTS) is 1. The van der Waals surface area contributed by atoms with Gasteiger partial charge in [-0.1, -0.05) is 0 Å². The number of rotatable bonds is 10. The van der Waals surface area contributed by atoms with E-state index in [1.807, 2.05) is 0 Å². The molecular formula is C16H27NO12. The van der Waals surface area contributed by atoms with E-state index in [9.17, 15) is 34.8 Å². The van der Waals surface area contributed by atoms with Gasteiger partial charge in [-0.3, -0.25) is 9.59 Å². The number of esters is 1. The standard InChI is InChI=1S/C16H27NO12/c1-7(19)5-27-6-9(21)13(23)14-12(17-11(22)4-18)10(28-8(2)20)3-16(26,29-14)15(24)25/h7,9-10,12-14,18-19,21,23,26H,3-6H2,1-2H3,(H,17,22)(H,24,25)/t7?,9-,10+,12-,13-,14-,16+/m1/s1. The molecular weight excluding hydrogens is 398 g/mol. The van der Waals surface area contributed by atoms with Gasteiger partial charge < -0.3 is 50.2 Å². The van der Waals surface area contributed by atoms with Crippen LogP contribution in [0.1, 0.15) is 20.3 Å². The Kier molecular flexibility index (Phi) is 9.35. The molecule has 0 aliphatic carbocycles. The molecule has 1 rings (SSSR count). The van der Waals surface area contributed by atoms with E-state index in [4.69, 9.17) is 24.4 Å². The van der Waals surface area contributed by atoms with Gasteiger partial charge in [-0.25, -0.2) is 4.79 Å². The Balaban J connectivity index is 3.15. The number of ether oxygens (including phenoxy) is 3. The number of aliphatic hydroxyl groups excluding tert-OH is 4. The molecule has 0 radical (unpaired) electrons. The molecule has 13 heteroatoms. The van der Waals surface area contributed by atoms with E-state index in [-0.39, 0.29) is 6.61 Å². The molecule has 1 fully saturated rings. The van der Waals surface area contributed by atoms with Crippen molar-refractivity contribution in [2.24, 2.45) is 0 Å². The second-order valence-corrected chi connectivity index (χ2v) is 6.72. The van der Waals surface area contributed by atoms with Crippen LogP contribution in [0.5, 0.6) is 0 Å². The smallest absolute Gasteiger partial charge is 0.364 e. The average molecular weight is 425 g/mol. The molecule has 1 aliphatic heterocycles. The minimum Gasteiger partial charge on any atom is -0.477 e. The molecule has 1 saturated heterocycles. The number of carbonyl (C=O) groups excluding carboxylic acids is 2. The first kappa shape index (κ1) is 25.2. The van der Waals surface area contributed by atoms with E-state index < -0.39 is 79.8 Å². The predicted octanol–water partition coefficient (Wildman–Crippen LogP) is -3.92. The van der Waals surface area contributed by atoms with Crippen molar-refractivity contribution in [2.45, 2.75) is 62.6 Å². The minimum absolute atomic E-state index is 0.172. The number of carboxylic acids is 1. The highest BCUT2D eigenvalue weighted by Gasteiger charge is 2.55. The lowest BCUT2D eigenvalue weighted by molar-refractivity contribution is -0.296. The molecule has 0 aromatic rings. The van der Waals surface area contributed by atoms with Crippen molar-refractivity contribution < 1.29 is 59.2 Å². The maximum Gasteiger partial charge on any atom is 0.364 e. The third kappa shape index (κ3) is 7.15. The summed E-state index contributed by atoms with van der Waals surface area (Å²) in [5, 5.41) is 60.4. The van der Waals surface area contributed by atoms with Gasteiger partial charge in [-0.15, -0.1) is 0 Å². The van der Waals surface area contributed by atoms with Crippen molar-refractivity contribution in [1.29, 1.82) is 0 Å². The van der Waals surface area contributed by atoms with E-state index in [2.05, 4.69) is 5.32 Å². The number of carbonyl (C=O) groups is 3. The van der Waals surface area contributed by atoms with Crippen molar-refractivity contribution in [2.75, 3.05) is 19.8 Å². The predicted molar refractivity (Wildman–Crippen MR) is 91.2 cm³/mol. The number of aliphatic carboxylic acids is 1. The van der Waals surface area contributed by atoms with Gasteiger partial charge in [0.05, 0.1) is 31.8 Å². The molecule has 7 N–H and O–H groups in total. The molecule has 1 unspecified atom stereocenters. The molecule has 168 valence electrons. The fourth-order valence-electron chi connectivity index (χ4n) is 2.79. The lowest BCUT2D eigenvalue weighted by atomic mass is 9.88. The average Bonchev–Trinajstić information content (AvgIpc) is 2.61. The summed E-state index contributed by atoms with van der Waals surface area (Å²) in [5.74, 6) is -6.58. The summed E-state index contributed by atoms with van der Waals surface area (Å²) >= 11 is 0. The van der Waals surface area contributed by atoms with Gasteiger partial charge in [0, 0.05) is 6.92 Å². The number of aliphatic hydroxyl groups is 5. The molecule has 0 aromatic carbocycles. The first-order chi connectivity index (χ1) is 13.4. The molecule has 29 heavy (non-hydrogen) atoms. The molecule has 1 aliphatic rings. The zero-order valence-corrected chi connectivity index (χ0v) is 15.9. The summed E-state index contributed by atoms with van der Waals surface area (Å²) in [7, 11) is 0. The molecule has 13 nitrogen and oxygen atoms in total. The maximum absolute atomic E-state index is 11.7. The maximum atomic E-state index is 11.7. The van der Waals surface area contributed by atoms with Crippen LogP contribution in [0.3, 0.4) is 0 Å². The van der Waals surface area contributed by atoms with Crippen LogP contribution in [0.4, 0.5) is 0 Å². The molecule has 7 atom stereocenters. The zero-order chi connectivity index (χ0) is 22.4. The monoisotopic (exact) mass is 425 g/mol. The lowest BCUT2D eigenvalue weighted by Crippen LogP contribution is -2.68. The number of amides is 1. The third-order valence-electron chi connectivity index (χ3n) is 4.06. The quantitative estimate of drug-likeness (QED) is 0.167. The Labute approximate surface area is 165 Å². The summed E-state index contributed by atoms with van der Waals surface area (Å²) in [6.07, 6.45) is -8.50. The molecule has 0 aromatic heterocycles. The van der Waals surface area contributed by atoms with Gasteiger partial charge in [0.2, 0.25) is 5.91 Å². The van der Waals surface area contributed by atoms with Crippen LogP contribution < -0.4 is 5.32 Å². The number of hydrogen-bond donors (Lipinski definition) is 7. The van der Waals surface area contributed by atoms with Crippen molar-refractivity contribution in [3.05, 3.63) is 0 Å². The van der Waals surface area contributed by atoms with Gasteiger partial charge in [0.1, 0.15) is 31.0 Å². The van der Waals surface area contributed by atoms with Crippen LogP contribution in [0, 0.1) is 0 Å². The topological polar surface area (TPSA) is 212 Å². The van der Waals surface area contributed by atoms with E-state index in [1.165, 1.54) is 6.92 Å². The summed E-state index contributed by atoms with van der Waals surface area (Å²) in [4.78, 5) is 34.5. The first-order valence-corrected chi connectivity index (χ1v) is 8.74. The molecule has 0 spiro atoms. The SMILES string of the molecule is CC(=O)O[C@H]1C[C@@](O)(C(=O)O)O[C@@H]([C@H](O)[C@H](O)COCC(C)O)[C@@H]1NC(=O)CO. The number of nitrogens with one attached hydrogen (secondary N) is 1. The van der Waals surface area contributed by atoms with E-state index >= 15 is 0 Å². The van der Waals surface area contributed by atoms with Gasteiger partial charge in [-0.05, 0) is 6.92 Å². The molecule has 1 heterocycles. The summed E-state index contributed by atoms with van der Waals surface area (Å²) in [6.45, 7) is 0.773. The van der Waals surface area contributed by atoms with E-state index in [0.717, 1.165) is 6.92 Å². The van der Waals surface area contributed by atoms with Crippen LogP contribution in [-0.2, 0) is 28.6 Å². The van der Waals surface area contributed by atoms with Crippen molar-refractivity contribution in [3.63, 3.8) is 0 Å². The molecule has 1 amide bonds. The second kappa shape index (κ2) is 10.8. The fraction of sp³-hybridized carbons (Fsp3) is 0.812. The third-order valence-corrected chi connectivity index (χ3v) is 4.06. The highest BCUT2D eigenvalue weighted by atomic mass is 16.7. The van der Waals surface area contributed by atoms with Crippen LogP contribution >= 0.6 is 0 Å². The Morgan fingerprint density at radius 1 is 1.24 bits per heavy atom. The molecule has 0 bridgehead atoms. The lowest BCUT2D eigenvalue weighted by Gasteiger charge is -2.45. The summed E-state index contributed by atoms with van der Waals surface area (Å²) in [6, 6.07) is -1.42. The van der Waals surface area contributed by atoms with Gasteiger partial charge in [0.25, 0.3) is 5.79 Å². The van der Waals surface area contributed by atoms with Crippen LogP contribution in [0.2, 0.25) is 0 Å². The van der Waals surface area contributed by atoms with Crippen molar-refractivity contribution in [1.82, 2.24) is 5.32 Å². The number of hydrogen-bond acceptors (Lipinski definition) is 11. The van der Waals surface area contributed by atoms with Crippen molar-refractivity contribution >= 4 is 17.8 Å². The van der Waals surface area contributed by atoms with Gasteiger partial charge in [-0.2, -0.15) is 0 Å². The van der Waals surface area contributed by atoms with Gasteiger partial charge in [0.15, 0.2) is 0 Å². The van der Waals surface area contributed by atoms with Gasteiger partial charge >= 0.3 is 11.9 Å². The van der Waals surface area contributed by atoms with Crippen molar-refractivity contribution in [3.8, 4) is 0 Å². The van der Waals surface area contributed by atoms with E-state index in [1.54, 1.807) is 0 Å². The minimum atomic E-state index is -2.90. The summed E-state index contributed by atoms with van der Waals surface area (Å²) in [5.41, 5.74) is 0. The Morgan fingerprint density at radius 3 is 2.34 bits per heavy atom. The highest BCUT2D eigenvalue weighted by molar-refractivity contribution is 5.78. The Hall–Kier alpha value is -1.87. The zero-order valence-electron chi connectivity index (χ0n) is 15.9. The highest BCUT2D eigenvalue weighted by Crippen LogP contribution is 2.32. The van der Waals surface area contributed by atoms with E-state index in [0.29, 0.717) is 0 Å². The summed E-state index contributed by atoms with van der Waals surface area (Å²) < 4.78 is 15.0. The van der Waals surface area contributed by atoms with Crippen LogP contribution in [0.15, 0.2) is 0 Å². The Bertz CT molecular complexity index is 584. The van der Waals surface area contributed by atoms with Crippen LogP contribution in [0.25, 0.3) is 0 Å². The molecule has 0 saturated carbocycles. The first-order valence-electron chi connectivity index (χ1n) is 8.74. The second-order valence-electron chi connectivity index (χ2n) is 6.72. The largest absolute Gasteiger partial charge is 0.477 e. The Morgan fingerprint density at radius 2 is 1.86 bits per heavy atom. The normalized spacial score (nSPS) is 30.1.